The lowest BCUT2D eigenvalue weighted by atomic mass is 10.0. The molecule has 148 valence electrons. The maximum Gasteiger partial charge on any atom is 0.322 e. The van der Waals surface area contributed by atoms with Crippen molar-refractivity contribution in [3.63, 3.8) is 0 Å². The fraction of sp³-hybridized carbons (Fsp3) is 0.667. The van der Waals surface area contributed by atoms with Gasteiger partial charge in [-0.2, -0.15) is 0 Å². The van der Waals surface area contributed by atoms with Crippen LogP contribution in [0.5, 0.6) is 0 Å². The number of carboxylic acids is 2. The van der Waals surface area contributed by atoms with Crippen molar-refractivity contribution < 1.29 is 34.2 Å². The maximum atomic E-state index is 12.4. The molecular weight excluding hydrogens is 348 g/mol. The molecule has 3 amide bonds. The Labute approximate surface area is 150 Å². The molecule has 3 unspecified atom stereocenters. The summed E-state index contributed by atoms with van der Waals surface area (Å²) in [6, 6.07) is -3.16. The highest BCUT2D eigenvalue weighted by Gasteiger charge is 2.29. The Kier molecular flexibility index (Phi) is 9.89. The molecular formula is C15H26N4O7. The van der Waals surface area contributed by atoms with E-state index in [-0.39, 0.29) is 18.8 Å². The van der Waals surface area contributed by atoms with Crippen LogP contribution in [0.15, 0.2) is 0 Å². The predicted octanol–water partition coefficient (Wildman–Crippen LogP) is -1.98. The van der Waals surface area contributed by atoms with Crippen molar-refractivity contribution in [2.45, 2.75) is 51.7 Å². The topological polar surface area (TPSA) is 188 Å². The van der Waals surface area contributed by atoms with Crippen LogP contribution in [0, 0.1) is 5.92 Å². The van der Waals surface area contributed by atoms with Crippen molar-refractivity contribution in [3.05, 3.63) is 0 Å². The smallest absolute Gasteiger partial charge is 0.322 e. The summed E-state index contributed by atoms with van der Waals surface area (Å²) in [7, 11) is 0. The molecule has 7 N–H and O–H groups in total. The fourth-order valence-electron chi connectivity index (χ4n) is 1.90. The summed E-state index contributed by atoms with van der Waals surface area (Å²) < 4.78 is 0. The first-order chi connectivity index (χ1) is 12.0. The summed E-state index contributed by atoms with van der Waals surface area (Å²) in [5.74, 6) is -4.88. The molecule has 0 bridgehead atoms. The maximum absolute atomic E-state index is 12.4. The second kappa shape index (κ2) is 11.0. The van der Waals surface area contributed by atoms with Gasteiger partial charge in [-0.15, -0.1) is 0 Å². The molecule has 0 aromatic carbocycles. The van der Waals surface area contributed by atoms with E-state index in [0.29, 0.717) is 0 Å². The first-order valence-corrected chi connectivity index (χ1v) is 8.03. The number of carboxylic acid groups (broad SMARTS) is 2. The first-order valence-electron chi connectivity index (χ1n) is 8.03. The van der Waals surface area contributed by atoms with Gasteiger partial charge in [0.05, 0.1) is 6.04 Å². The summed E-state index contributed by atoms with van der Waals surface area (Å²) in [6.45, 7) is 4.07. The largest absolute Gasteiger partial charge is 0.481 e. The van der Waals surface area contributed by atoms with Crippen LogP contribution in [0.25, 0.3) is 0 Å². The van der Waals surface area contributed by atoms with Gasteiger partial charge in [0.25, 0.3) is 0 Å². The van der Waals surface area contributed by atoms with Gasteiger partial charge >= 0.3 is 11.9 Å². The molecule has 0 heterocycles. The molecule has 0 fully saturated rings. The van der Waals surface area contributed by atoms with Crippen LogP contribution >= 0.6 is 0 Å². The summed E-state index contributed by atoms with van der Waals surface area (Å²) in [5.41, 5.74) is 5.43. The molecule has 0 aromatic rings. The summed E-state index contributed by atoms with van der Waals surface area (Å²) in [4.78, 5) is 57.5. The Morgan fingerprint density at radius 3 is 1.88 bits per heavy atom. The van der Waals surface area contributed by atoms with Gasteiger partial charge in [-0.3, -0.25) is 24.0 Å². The third-order valence-corrected chi connectivity index (χ3v) is 3.35. The number of hydrogen-bond donors (Lipinski definition) is 6. The molecule has 0 saturated heterocycles. The second-order valence-electron chi connectivity index (χ2n) is 6.12. The van der Waals surface area contributed by atoms with E-state index in [1.165, 1.54) is 6.92 Å². The van der Waals surface area contributed by atoms with Gasteiger partial charge in [0.2, 0.25) is 17.7 Å². The lowest BCUT2D eigenvalue weighted by molar-refractivity contribution is -0.139. The molecule has 26 heavy (non-hydrogen) atoms. The minimum absolute atomic E-state index is 0.193. The third kappa shape index (κ3) is 8.97. The van der Waals surface area contributed by atoms with Crippen molar-refractivity contribution in [1.82, 2.24) is 16.0 Å². The van der Waals surface area contributed by atoms with Crippen LogP contribution in [0.4, 0.5) is 0 Å². The highest BCUT2D eigenvalue weighted by Crippen LogP contribution is 2.05. The quantitative estimate of drug-likeness (QED) is 0.240. The van der Waals surface area contributed by atoms with Gasteiger partial charge in [0, 0.05) is 6.42 Å². The van der Waals surface area contributed by atoms with Crippen LogP contribution < -0.4 is 21.7 Å². The number of nitrogens with two attached hydrogens (primary N) is 1. The number of amides is 3. The van der Waals surface area contributed by atoms with E-state index >= 15 is 0 Å². The van der Waals surface area contributed by atoms with Crippen molar-refractivity contribution >= 4 is 29.7 Å². The molecule has 0 aromatic heterocycles. The van der Waals surface area contributed by atoms with Gasteiger partial charge in [0.1, 0.15) is 18.6 Å². The minimum atomic E-state index is -1.24. The number of carbonyl (C=O) groups is 5. The van der Waals surface area contributed by atoms with Gasteiger partial charge < -0.3 is 31.9 Å². The number of rotatable bonds is 11. The van der Waals surface area contributed by atoms with E-state index in [1.54, 1.807) is 13.8 Å². The van der Waals surface area contributed by atoms with E-state index in [4.69, 9.17) is 15.9 Å². The van der Waals surface area contributed by atoms with E-state index in [2.05, 4.69) is 16.0 Å². The van der Waals surface area contributed by atoms with Crippen LogP contribution in [-0.4, -0.2) is 64.5 Å². The molecule has 3 atom stereocenters. The lowest BCUT2D eigenvalue weighted by Crippen LogP contribution is -2.57. The number of carbonyl (C=O) groups excluding carboxylic acids is 3. The van der Waals surface area contributed by atoms with Gasteiger partial charge in [-0.25, -0.2) is 0 Å². The van der Waals surface area contributed by atoms with Crippen LogP contribution in [-0.2, 0) is 24.0 Å². The Morgan fingerprint density at radius 1 is 0.885 bits per heavy atom. The molecule has 0 radical (unpaired) electrons. The number of aliphatic carboxylic acids is 2. The Hall–Kier alpha value is -2.69. The van der Waals surface area contributed by atoms with E-state index < -0.39 is 54.3 Å². The van der Waals surface area contributed by atoms with Crippen LogP contribution in [0.3, 0.4) is 0 Å². The molecule has 0 spiro atoms. The molecule has 0 aliphatic heterocycles. The summed E-state index contributed by atoms with van der Waals surface area (Å²) in [5, 5.41) is 24.3. The fourth-order valence-corrected chi connectivity index (χ4v) is 1.90. The Balaban J connectivity index is 5.12. The second-order valence-corrected chi connectivity index (χ2v) is 6.12. The van der Waals surface area contributed by atoms with E-state index in [1.807, 2.05) is 0 Å². The third-order valence-electron chi connectivity index (χ3n) is 3.35. The lowest BCUT2D eigenvalue weighted by Gasteiger charge is -2.25. The Morgan fingerprint density at radius 2 is 1.46 bits per heavy atom. The zero-order valence-electron chi connectivity index (χ0n) is 14.9. The average molecular weight is 374 g/mol. The van der Waals surface area contributed by atoms with Crippen molar-refractivity contribution in [1.29, 1.82) is 0 Å². The average Bonchev–Trinajstić information content (AvgIpc) is 2.52. The van der Waals surface area contributed by atoms with Crippen LogP contribution in [0.1, 0.15) is 33.6 Å². The zero-order valence-corrected chi connectivity index (χ0v) is 14.9. The SMILES string of the molecule is CC(N)C(=O)NC(CCC(=O)O)C(=O)NC(C(=O)NCC(=O)O)C(C)C. The molecule has 0 aliphatic carbocycles. The minimum Gasteiger partial charge on any atom is -0.481 e. The van der Waals surface area contributed by atoms with Crippen molar-refractivity contribution in [3.8, 4) is 0 Å². The van der Waals surface area contributed by atoms with Gasteiger partial charge in [-0.1, -0.05) is 13.8 Å². The highest BCUT2D eigenvalue weighted by atomic mass is 16.4. The molecule has 11 nitrogen and oxygen atoms in total. The monoisotopic (exact) mass is 374 g/mol. The molecule has 11 heteroatoms. The molecule has 0 rings (SSSR count). The number of hydrogen-bond acceptors (Lipinski definition) is 6. The highest BCUT2D eigenvalue weighted by molar-refractivity contribution is 5.93. The number of nitrogens with one attached hydrogen (secondary N) is 3. The van der Waals surface area contributed by atoms with E-state index in [9.17, 15) is 24.0 Å². The standard InChI is InChI=1S/C15H26N4O7/c1-7(2)12(15(26)17-6-11(22)23)19-14(25)9(4-5-10(20)21)18-13(24)8(3)16/h7-9,12H,4-6,16H2,1-3H3,(H,17,26)(H,18,24)(H,19,25)(H,20,21)(H,22,23). The van der Waals surface area contributed by atoms with E-state index in [0.717, 1.165) is 0 Å². The zero-order chi connectivity index (χ0) is 20.4. The van der Waals surface area contributed by atoms with Crippen molar-refractivity contribution in [2.75, 3.05) is 6.54 Å². The predicted molar refractivity (Wildman–Crippen MR) is 89.9 cm³/mol. The first kappa shape index (κ1) is 23.3. The Bertz CT molecular complexity index is 548. The normalized spacial score (nSPS) is 14.0. The molecule has 0 aliphatic rings. The molecule has 0 saturated carbocycles. The van der Waals surface area contributed by atoms with Crippen molar-refractivity contribution in [2.24, 2.45) is 11.7 Å². The van der Waals surface area contributed by atoms with Gasteiger partial charge in [0.15, 0.2) is 0 Å². The summed E-state index contributed by atoms with van der Waals surface area (Å²) in [6.07, 6.45) is -0.573. The summed E-state index contributed by atoms with van der Waals surface area (Å²) >= 11 is 0. The van der Waals surface area contributed by atoms with Crippen LogP contribution in [0.2, 0.25) is 0 Å². The van der Waals surface area contributed by atoms with Gasteiger partial charge in [-0.05, 0) is 19.3 Å².